The molecule has 0 unspecified atom stereocenters. The molecule has 1 amide bonds. The Labute approximate surface area is 173 Å². The predicted octanol–water partition coefficient (Wildman–Crippen LogP) is 5.09. The molecule has 0 bridgehead atoms. The van der Waals surface area contributed by atoms with Gasteiger partial charge in [0.25, 0.3) is 0 Å². The molecule has 0 atom stereocenters. The molecule has 0 aliphatic rings. The summed E-state index contributed by atoms with van der Waals surface area (Å²) in [6.07, 6.45) is -0.326. The number of benzene rings is 1. The average molecular weight is 417 g/mol. The van der Waals surface area contributed by atoms with Crippen molar-refractivity contribution >= 4 is 34.5 Å². The maximum Gasteiger partial charge on any atom is 0.410 e. The van der Waals surface area contributed by atoms with Gasteiger partial charge in [-0.25, -0.2) is 4.79 Å². The first-order valence-electron chi connectivity index (χ1n) is 8.98. The molecule has 0 radical (unpaired) electrons. The van der Waals surface area contributed by atoms with E-state index < -0.39 is 0 Å². The lowest BCUT2D eigenvalue weighted by atomic mass is 10.3. The zero-order valence-corrected chi connectivity index (χ0v) is 17.7. The van der Waals surface area contributed by atoms with Crippen molar-refractivity contribution in [3.8, 4) is 5.75 Å². The molecule has 148 valence electrons. The van der Waals surface area contributed by atoms with Crippen molar-refractivity contribution in [2.75, 3.05) is 32.2 Å². The van der Waals surface area contributed by atoms with E-state index >= 15 is 0 Å². The number of hydrogen-bond acceptors (Lipinski definition) is 6. The minimum Gasteiger partial charge on any atom is -0.490 e. The highest BCUT2D eigenvalue weighted by Gasteiger charge is 2.17. The lowest BCUT2D eigenvalue weighted by Crippen LogP contribution is -2.31. The number of hydrogen-bond donors (Lipinski definition) is 0. The molecule has 2 heterocycles. The van der Waals surface area contributed by atoms with Gasteiger partial charge in [-0.1, -0.05) is 18.2 Å². The largest absolute Gasteiger partial charge is 0.490 e. The highest BCUT2D eigenvalue weighted by molar-refractivity contribution is 7.10. The van der Waals surface area contributed by atoms with E-state index in [4.69, 9.17) is 9.47 Å². The molecular formula is C21H24N2O3S2. The number of anilines is 1. The smallest absolute Gasteiger partial charge is 0.410 e. The summed E-state index contributed by atoms with van der Waals surface area (Å²) in [6.45, 7) is 1.60. The van der Waals surface area contributed by atoms with Crippen molar-refractivity contribution in [1.82, 2.24) is 4.90 Å². The first-order chi connectivity index (χ1) is 13.6. The van der Waals surface area contributed by atoms with Gasteiger partial charge < -0.3 is 14.4 Å². The summed E-state index contributed by atoms with van der Waals surface area (Å²) in [6, 6.07) is 15.9. The second-order valence-electron chi connectivity index (χ2n) is 6.37. The second-order valence-corrected chi connectivity index (χ2v) is 8.43. The molecular weight excluding hydrogens is 392 g/mol. The Morgan fingerprint density at radius 3 is 2.18 bits per heavy atom. The lowest BCUT2D eigenvalue weighted by molar-refractivity contribution is 0.0842. The summed E-state index contributed by atoms with van der Waals surface area (Å²) >= 11 is 3.27. The summed E-state index contributed by atoms with van der Waals surface area (Å²) < 4.78 is 11.2. The van der Waals surface area contributed by atoms with Crippen LogP contribution in [-0.2, 0) is 17.8 Å². The summed E-state index contributed by atoms with van der Waals surface area (Å²) in [4.78, 5) is 18.6. The van der Waals surface area contributed by atoms with Crippen LogP contribution >= 0.6 is 22.7 Å². The molecule has 5 nitrogen and oxygen atoms in total. The van der Waals surface area contributed by atoms with E-state index in [0.717, 1.165) is 21.2 Å². The van der Waals surface area contributed by atoms with E-state index in [1.165, 1.54) is 0 Å². The summed E-state index contributed by atoms with van der Waals surface area (Å²) in [5.74, 6) is 0.760. The van der Waals surface area contributed by atoms with Gasteiger partial charge in [0.1, 0.15) is 19.0 Å². The van der Waals surface area contributed by atoms with E-state index in [2.05, 4.69) is 0 Å². The van der Waals surface area contributed by atoms with Gasteiger partial charge in [0.05, 0.1) is 13.1 Å². The van der Waals surface area contributed by atoms with Gasteiger partial charge in [-0.15, -0.1) is 22.7 Å². The third kappa shape index (κ3) is 6.00. The first kappa shape index (κ1) is 20.2. The number of ether oxygens (including phenoxy) is 2. The van der Waals surface area contributed by atoms with Gasteiger partial charge in [0.2, 0.25) is 0 Å². The fourth-order valence-corrected chi connectivity index (χ4v) is 4.04. The standard InChI is InChI=1S/C21H24N2O3S2/c1-22(2)17-6-3-7-18(14-17)25-10-11-26-21(24)23(15-19-8-4-12-27-19)16-20-9-5-13-28-20/h3-9,12-14H,10-11,15-16H2,1-2H3. The Morgan fingerprint density at radius 2 is 1.61 bits per heavy atom. The molecule has 3 rings (SSSR count). The quantitative estimate of drug-likeness (QED) is 0.456. The summed E-state index contributed by atoms with van der Waals surface area (Å²) in [5, 5.41) is 4.03. The van der Waals surface area contributed by atoms with Crippen LogP contribution in [0.2, 0.25) is 0 Å². The normalized spacial score (nSPS) is 10.5. The molecule has 3 aromatic rings. The van der Waals surface area contributed by atoms with Crippen molar-refractivity contribution in [2.24, 2.45) is 0 Å². The third-order valence-electron chi connectivity index (χ3n) is 4.02. The van der Waals surface area contributed by atoms with E-state index in [-0.39, 0.29) is 12.7 Å². The fourth-order valence-electron chi connectivity index (χ4n) is 2.60. The van der Waals surface area contributed by atoms with Crippen molar-refractivity contribution in [1.29, 1.82) is 0 Å². The number of thiophene rings is 2. The highest BCUT2D eigenvalue weighted by Crippen LogP contribution is 2.20. The molecule has 0 aliphatic heterocycles. The van der Waals surface area contributed by atoms with E-state index in [1.807, 2.05) is 78.3 Å². The van der Waals surface area contributed by atoms with E-state index in [9.17, 15) is 4.79 Å². The zero-order chi connectivity index (χ0) is 19.8. The molecule has 0 saturated carbocycles. The highest BCUT2D eigenvalue weighted by atomic mass is 32.1. The lowest BCUT2D eigenvalue weighted by Gasteiger charge is -2.21. The van der Waals surface area contributed by atoms with Gasteiger partial charge >= 0.3 is 6.09 Å². The Morgan fingerprint density at radius 1 is 0.929 bits per heavy atom. The molecule has 2 aromatic heterocycles. The van der Waals surface area contributed by atoms with E-state index in [0.29, 0.717) is 19.7 Å². The van der Waals surface area contributed by atoms with Gasteiger partial charge in [-0.2, -0.15) is 0 Å². The maximum atomic E-state index is 12.6. The molecule has 0 saturated heterocycles. The number of nitrogens with zero attached hydrogens (tertiary/aromatic N) is 2. The molecule has 0 fully saturated rings. The van der Waals surface area contributed by atoms with Gasteiger partial charge in [0.15, 0.2) is 0 Å². The first-order valence-corrected chi connectivity index (χ1v) is 10.7. The Bertz CT molecular complexity index is 812. The van der Waals surface area contributed by atoms with Crippen LogP contribution in [-0.4, -0.2) is 38.3 Å². The predicted molar refractivity (Wildman–Crippen MR) is 115 cm³/mol. The minimum absolute atomic E-state index is 0.205. The van der Waals surface area contributed by atoms with Gasteiger partial charge in [0, 0.05) is 35.6 Å². The number of carbonyl (C=O) groups is 1. The van der Waals surface area contributed by atoms with Crippen molar-refractivity contribution < 1.29 is 14.3 Å². The molecule has 0 N–H and O–H groups in total. The number of carbonyl (C=O) groups excluding carboxylic acids is 1. The molecule has 0 spiro atoms. The van der Waals surface area contributed by atoms with Crippen LogP contribution < -0.4 is 9.64 Å². The monoisotopic (exact) mass is 416 g/mol. The average Bonchev–Trinajstić information content (AvgIpc) is 3.39. The Balaban J connectivity index is 1.51. The van der Waals surface area contributed by atoms with Crippen molar-refractivity contribution in [3.05, 3.63) is 69.0 Å². The molecule has 0 aliphatic carbocycles. The van der Waals surface area contributed by atoms with Crippen molar-refractivity contribution in [2.45, 2.75) is 13.1 Å². The second kappa shape index (κ2) is 10.1. The van der Waals surface area contributed by atoms with Crippen LogP contribution in [0.1, 0.15) is 9.75 Å². The molecule has 7 heteroatoms. The number of rotatable bonds is 9. The SMILES string of the molecule is CN(C)c1cccc(OCCOC(=O)N(Cc2cccs2)Cc2cccs2)c1. The summed E-state index contributed by atoms with van der Waals surface area (Å²) in [7, 11) is 3.97. The summed E-state index contributed by atoms with van der Waals surface area (Å²) in [5.41, 5.74) is 1.06. The van der Waals surface area contributed by atoms with Crippen LogP contribution in [0.15, 0.2) is 59.3 Å². The molecule has 1 aromatic carbocycles. The number of amides is 1. The fraction of sp³-hybridized carbons (Fsp3) is 0.286. The minimum atomic E-state index is -0.326. The Hall–Kier alpha value is -2.51. The van der Waals surface area contributed by atoms with E-state index in [1.54, 1.807) is 27.6 Å². The zero-order valence-electron chi connectivity index (χ0n) is 16.0. The third-order valence-corrected chi connectivity index (χ3v) is 5.75. The Kier molecular flexibility index (Phi) is 7.33. The molecule has 28 heavy (non-hydrogen) atoms. The van der Waals surface area contributed by atoms with Crippen LogP contribution in [0.25, 0.3) is 0 Å². The maximum absolute atomic E-state index is 12.6. The van der Waals surface area contributed by atoms with Gasteiger partial charge in [-0.3, -0.25) is 4.90 Å². The van der Waals surface area contributed by atoms with Crippen LogP contribution in [0.3, 0.4) is 0 Å². The van der Waals surface area contributed by atoms with Gasteiger partial charge in [-0.05, 0) is 35.0 Å². The van der Waals surface area contributed by atoms with Crippen LogP contribution in [0, 0.1) is 0 Å². The van der Waals surface area contributed by atoms with Crippen molar-refractivity contribution in [3.63, 3.8) is 0 Å². The topological polar surface area (TPSA) is 42.0 Å². The van der Waals surface area contributed by atoms with Crippen LogP contribution in [0.4, 0.5) is 10.5 Å². The van der Waals surface area contributed by atoms with Crippen LogP contribution in [0.5, 0.6) is 5.75 Å².